The smallest absolute Gasteiger partial charge is 0.280 e. The molecule has 34 heavy (non-hydrogen) atoms. The van der Waals surface area contributed by atoms with Crippen LogP contribution in [0, 0.1) is 28.8 Å². The van der Waals surface area contributed by atoms with Crippen molar-refractivity contribution >= 4 is 22.9 Å². The van der Waals surface area contributed by atoms with Gasteiger partial charge >= 0.3 is 0 Å². The molecule has 1 amide bonds. The number of hydrogen-bond acceptors (Lipinski definition) is 6. The highest BCUT2D eigenvalue weighted by Gasteiger charge is 2.20. The van der Waals surface area contributed by atoms with Crippen molar-refractivity contribution in [2.75, 3.05) is 19.6 Å². The summed E-state index contributed by atoms with van der Waals surface area (Å²) in [5, 5.41) is 14.2. The molecule has 0 saturated carbocycles. The van der Waals surface area contributed by atoms with Gasteiger partial charge in [0, 0.05) is 35.7 Å². The van der Waals surface area contributed by atoms with Gasteiger partial charge in [-0.25, -0.2) is 9.37 Å². The van der Waals surface area contributed by atoms with Crippen LogP contribution in [0.15, 0.2) is 48.5 Å². The fraction of sp³-hybridized carbons (Fsp3) is 0.360. The largest absolute Gasteiger partial charge is 0.350 e. The summed E-state index contributed by atoms with van der Waals surface area (Å²) in [6.45, 7) is 5.34. The summed E-state index contributed by atoms with van der Waals surface area (Å²) in [6, 6.07) is 12.9. The molecule has 2 aromatic carbocycles. The lowest BCUT2D eigenvalue weighted by Crippen LogP contribution is -2.34. The molecule has 0 radical (unpaired) electrons. The second kappa shape index (κ2) is 10.8. The number of aryl methyl sites for hydroxylation is 1. The number of aromatic nitrogens is 1. The lowest BCUT2D eigenvalue weighted by Gasteiger charge is -2.32. The number of nitro groups is 1. The fourth-order valence-corrected chi connectivity index (χ4v) is 5.10. The van der Waals surface area contributed by atoms with Crippen molar-refractivity contribution < 1.29 is 14.1 Å². The molecule has 178 valence electrons. The van der Waals surface area contributed by atoms with Crippen LogP contribution in [0.1, 0.15) is 39.5 Å². The lowest BCUT2D eigenvalue weighted by molar-refractivity contribution is -0.384. The highest BCUT2D eigenvalue weighted by Crippen LogP contribution is 2.29. The van der Waals surface area contributed by atoms with E-state index in [-0.39, 0.29) is 17.4 Å². The first kappa shape index (κ1) is 24.0. The van der Waals surface area contributed by atoms with E-state index >= 15 is 0 Å². The van der Waals surface area contributed by atoms with E-state index in [0.717, 1.165) is 54.9 Å². The van der Waals surface area contributed by atoms with E-state index in [2.05, 4.69) is 15.2 Å². The number of carbonyl (C=O) groups is 1. The number of nitrogens with zero attached hydrogens (tertiary/aromatic N) is 3. The number of likely N-dealkylation sites (tertiary alicyclic amines) is 1. The molecule has 0 atom stereocenters. The van der Waals surface area contributed by atoms with Crippen LogP contribution in [0.5, 0.6) is 0 Å². The van der Waals surface area contributed by atoms with Crippen LogP contribution in [0.4, 0.5) is 10.1 Å². The summed E-state index contributed by atoms with van der Waals surface area (Å²) >= 11 is 1.33. The molecule has 1 fully saturated rings. The second-order valence-electron chi connectivity index (χ2n) is 8.62. The maximum Gasteiger partial charge on any atom is 0.280 e. The van der Waals surface area contributed by atoms with Gasteiger partial charge in [0.2, 0.25) is 0 Å². The van der Waals surface area contributed by atoms with Crippen molar-refractivity contribution in [1.29, 1.82) is 0 Å². The molecule has 0 bridgehead atoms. The summed E-state index contributed by atoms with van der Waals surface area (Å²) in [5.74, 6) is 0.175. The Labute approximate surface area is 201 Å². The third kappa shape index (κ3) is 6.03. The van der Waals surface area contributed by atoms with Gasteiger partial charge in [-0.15, -0.1) is 11.3 Å². The molecule has 3 aromatic rings. The number of rotatable bonds is 8. The predicted molar refractivity (Wildman–Crippen MR) is 130 cm³/mol. The lowest BCUT2D eigenvalue weighted by atomic mass is 9.93. The zero-order chi connectivity index (χ0) is 24.1. The molecular weight excluding hydrogens is 455 g/mol. The maximum atomic E-state index is 13.1. The molecule has 0 unspecified atom stereocenters. The van der Waals surface area contributed by atoms with Crippen LogP contribution in [0.2, 0.25) is 0 Å². The maximum absolute atomic E-state index is 13.1. The Balaban J connectivity index is 1.23. The number of piperidine rings is 1. The van der Waals surface area contributed by atoms with Gasteiger partial charge in [-0.2, -0.15) is 0 Å². The van der Waals surface area contributed by atoms with Gasteiger partial charge in [-0.05, 0) is 75.0 Å². The molecular formula is C25H27FN4O3S. The molecule has 2 heterocycles. The summed E-state index contributed by atoms with van der Waals surface area (Å²) in [6.07, 6.45) is 3.09. The van der Waals surface area contributed by atoms with Gasteiger partial charge < -0.3 is 5.32 Å². The van der Waals surface area contributed by atoms with Gasteiger partial charge in [0.05, 0.1) is 10.6 Å². The molecule has 0 spiro atoms. The van der Waals surface area contributed by atoms with Crippen molar-refractivity contribution in [3.05, 3.63) is 79.9 Å². The van der Waals surface area contributed by atoms with Crippen molar-refractivity contribution in [2.45, 2.75) is 32.7 Å². The molecule has 1 N–H and O–H groups in total. The van der Waals surface area contributed by atoms with Crippen LogP contribution in [0.3, 0.4) is 0 Å². The molecule has 1 saturated heterocycles. The van der Waals surface area contributed by atoms with E-state index in [1.165, 1.54) is 35.6 Å². The molecule has 4 rings (SSSR count). The zero-order valence-electron chi connectivity index (χ0n) is 19.0. The third-order valence-electron chi connectivity index (χ3n) is 6.21. The monoisotopic (exact) mass is 482 g/mol. The van der Waals surface area contributed by atoms with E-state index in [1.807, 2.05) is 19.1 Å². The van der Waals surface area contributed by atoms with Crippen LogP contribution in [-0.4, -0.2) is 40.3 Å². The Morgan fingerprint density at radius 1 is 1.18 bits per heavy atom. The van der Waals surface area contributed by atoms with Crippen LogP contribution in [-0.2, 0) is 6.54 Å². The average Bonchev–Trinajstić information content (AvgIpc) is 3.23. The van der Waals surface area contributed by atoms with Gasteiger partial charge in [-0.3, -0.25) is 19.8 Å². The number of hydrogen-bond donors (Lipinski definition) is 1. The number of amides is 1. The highest BCUT2D eigenvalue weighted by atomic mass is 32.1. The zero-order valence-corrected chi connectivity index (χ0v) is 19.8. The van der Waals surface area contributed by atoms with Crippen molar-refractivity contribution in [3.8, 4) is 11.3 Å². The topological polar surface area (TPSA) is 88.4 Å². The summed E-state index contributed by atoms with van der Waals surface area (Å²) in [7, 11) is 0. The second-order valence-corrected chi connectivity index (χ2v) is 9.82. The first-order valence-electron chi connectivity index (χ1n) is 11.4. The number of non-ortho nitro benzene ring substituents is 1. The number of nitro benzene ring substituents is 1. The molecule has 9 heteroatoms. The first-order chi connectivity index (χ1) is 16.4. The van der Waals surface area contributed by atoms with Gasteiger partial charge in [0.25, 0.3) is 11.6 Å². The number of carbonyl (C=O) groups excluding carboxylic acids is 1. The summed E-state index contributed by atoms with van der Waals surface area (Å²) in [5.41, 5.74) is 2.58. The van der Waals surface area contributed by atoms with Gasteiger partial charge in [0.15, 0.2) is 5.01 Å². The number of nitrogens with one attached hydrogen (secondary N) is 1. The van der Waals surface area contributed by atoms with Crippen molar-refractivity contribution in [2.24, 2.45) is 5.92 Å². The number of thiazole rings is 1. The van der Waals surface area contributed by atoms with Crippen LogP contribution < -0.4 is 5.32 Å². The summed E-state index contributed by atoms with van der Waals surface area (Å²) < 4.78 is 13.1. The Morgan fingerprint density at radius 3 is 2.50 bits per heavy atom. The molecule has 7 nitrogen and oxygen atoms in total. The Bertz CT molecular complexity index is 1140. The minimum Gasteiger partial charge on any atom is -0.350 e. The van der Waals surface area contributed by atoms with E-state index < -0.39 is 4.92 Å². The van der Waals surface area contributed by atoms with E-state index in [4.69, 9.17) is 0 Å². The Kier molecular flexibility index (Phi) is 7.64. The molecule has 0 aliphatic carbocycles. The highest BCUT2D eigenvalue weighted by molar-refractivity contribution is 7.14. The first-order valence-corrected chi connectivity index (χ1v) is 12.2. The van der Waals surface area contributed by atoms with Crippen molar-refractivity contribution in [3.63, 3.8) is 0 Å². The third-order valence-corrected chi connectivity index (χ3v) is 7.18. The van der Waals surface area contributed by atoms with Crippen LogP contribution in [0.25, 0.3) is 11.3 Å². The van der Waals surface area contributed by atoms with E-state index in [9.17, 15) is 19.3 Å². The minimum atomic E-state index is -0.439. The Hall–Kier alpha value is -3.17. The van der Waals surface area contributed by atoms with Crippen molar-refractivity contribution in [1.82, 2.24) is 15.2 Å². The minimum absolute atomic E-state index is 0.0240. The SMILES string of the molecule is Cc1sc(C(=O)NCCC2CCN(Cc3ccc(F)cc3)CC2)nc1-c1ccc([N+](=O)[O-])cc1. The quantitative estimate of drug-likeness (QED) is 0.352. The standard InChI is InChI=1S/C25H27FN4O3S/c1-17-23(20-4-8-22(9-5-20)30(32)33)28-25(34-17)24(31)27-13-10-18-11-14-29(15-12-18)16-19-2-6-21(26)7-3-19/h2-9,18H,10-16H2,1H3,(H,27,31). The Morgan fingerprint density at radius 2 is 1.85 bits per heavy atom. The molecule has 1 aliphatic heterocycles. The average molecular weight is 483 g/mol. The predicted octanol–water partition coefficient (Wildman–Crippen LogP) is 5.20. The van der Waals surface area contributed by atoms with E-state index in [1.54, 1.807) is 12.1 Å². The molecule has 1 aromatic heterocycles. The molecule has 1 aliphatic rings. The van der Waals surface area contributed by atoms with Gasteiger partial charge in [0.1, 0.15) is 5.82 Å². The number of benzene rings is 2. The normalized spacial score (nSPS) is 14.8. The fourth-order valence-electron chi connectivity index (χ4n) is 4.25. The van der Waals surface area contributed by atoms with E-state index in [0.29, 0.717) is 23.2 Å². The van der Waals surface area contributed by atoms with Crippen LogP contribution >= 0.6 is 11.3 Å². The summed E-state index contributed by atoms with van der Waals surface area (Å²) in [4.78, 5) is 30.8. The van der Waals surface area contributed by atoms with Gasteiger partial charge in [-0.1, -0.05) is 12.1 Å². The number of halogens is 1.